The van der Waals surface area contributed by atoms with Gasteiger partial charge in [0.05, 0.1) is 11.9 Å². The highest BCUT2D eigenvalue weighted by Crippen LogP contribution is 2.30. The Labute approximate surface area is 105 Å². The fraction of sp³-hybridized carbons (Fsp3) is 0.583. The third-order valence-corrected chi connectivity index (χ3v) is 4.13. The predicted molar refractivity (Wildman–Crippen MR) is 65.9 cm³/mol. The van der Waals surface area contributed by atoms with E-state index in [0.29, 0.717) is 5.92 Å². The first-order valence-electron chi connectivity index (χ1n) is 6.01. The number of halogens is 2. The first-order valence-corrected chi connectivity index (χ1v) is 6.38. The standard InChI is InChI=1S/C12H15ClFN3/c13-12-11(14)3-10(6-16-12)17-2-1-8-4-15-5-9(8)7-17/h3,6,8-9,15H,1-2,4-5,7H2. The molecule has 1 aromatic rings. The van der Waals surface area contributed by atoms with E-state index < -0.39 is 5.82 Å². The maximum Gasteiger partial charge on any atom is 0.164 e. The van der Waals surface area contributed by atoms with Crippen LogP contribution in [-0.4, -0.2) is 31.2 Å². The van der Waals surface area contributed by atoms with Gasteiger partial charge in [0, 0.05) is 19.2 Å². The summed E-state index contributed by atoms with van der Waals surface area (Å²) in [4.78, 5) is 6.08. The largest absolute Gasteiger partial charge is 0.370 e. The van der Waals surface area contributed by atoms with E-state index in [1.54, 1.807) is 6.20 Å². The van der Waals surface area contributed by atoms with Gasteiger partial charge in [0.15, 0.2) is 11.0 Å². The lowest BCUT2D eigenvalue weighted by molar-refractivity contribution is 0.348. The van der Waals surface area contributed by atoms with Crippen LogP contribution in [0.15, 0.2) is 12.3 Å². The highest BCUT2D eigenvalue weighted by atomic mass is 35.5. The SMILES string of the molecule is Fc1cc(N2CCC3CNCC3C2)cnc1Cl. The van der Waals surface area contributed by atoms with Crippen LogP contribution in [0.5, 0.6) is 0 Å². The number of hydrogen-bond donors (Lipinski definition) is 1. The van der Waals surface area contributed by atoms with Gasteiger partial charge in [-0.25, -0.2) is 9.37 Å². The molecule has 0 spiro atoms. The number of anilines is 1. The summed E-state index contributed by atoms with van der Waals surface area (Å²) in [5, 5.41) is 3.37. The van der Waals surface area contributed by atoms with Gasteiger partial charge < -0.3 is 10.2 Å². The second-order valence-electron chi connectivity index (χ2n) is 4.88. The molecule has 92 valence electrons. The van der Waals surface area contributed by atoms with E-state index in [4.69, 9.17) is 11.6 Å². The fourth-order valence-corrected chi connectivity index (χ4v) is 2.96. The summed E-state index contributed by atoms with van der Waals surface area (Å²) in [6, 6.07) is 1.48. The summed E-state index contributed by atoms with van der Waals surface area (Å²) < 4.78 is 13.4. The van der Waals surface area contributed by atoms with Crippen LogP contribution in [0.2, 0.25) is 5.15 Å². The Morgan fingerprint density at radius 3 is 3.06 bits per heavy atom. The van der Waals surface area contributed by atoms with E-state index in [0.717, 1.165) is 37.8 Å². The van der Waals surface area contributed by atoms with Crippen molar-refractivity contribution >= 4 is 17.3 Å². The highest BCUT2D eigenvalue weighted by molar-refractivity contribution is 6.29. The second kappa shape index (κ2) is 4.42. The van der Waals surface area contributed by atoms with Crippen LogP contribution in [0.4, 0.5) is 10.1 Å². The van der Waals surface area contributed by atoms with Gasteiger partial charge in [-0.05, 0) is 31.3 Å². The number of pyridine rings is 1. The van der Waals surface area contributed by atoms with E-state index in [9.17, 15) is 4.39 Å². The molecule has 2 atom stereocenters. The number of fused-ring (bicyclic) bond motifs is 1. The van der Waals surface area contributed by atoms with Gasteiger partial charge in [-0.15, -0.1) is 0 Å². The Morgan fingerprint density at radius 2 is 2.24 bits per heavy atom. The zero-order chi connectivity index (χ0) is 11.8. The summed E-state index contributed by atoms with van der Waals surface area (Å²) in [6.07, 6.45) is 2.83. The number of nitrogens with zero attached hydrogens (tertiary/aromatic N) is 2. The molecule has 0 aliphatic carbocycles. The minimum absolute atomic E-state index is 0.0498. The normalized spacial score (nSPS) is 28.2. The lowest BCUT2D eigenvalue weighted by atomic mass is 9.88. The van der Waals surface area contributed by atoms with E-state index in [1.165, 1.54) is 12.5 Å². The van der Waals surface area contributed by atoms with Crippen molar-refractivity contribution < 1.29 is 4.39 Å². The molecule has 2 saturated heterocycles. The molecule has 1 aromatic heterocycles. The molecule has 0 amide bonds. The Kier molecular flexibility index (Phi) is 2.92. The smallest absolute Gasteiger partial charge is 0.164 e. The summed E-state index contributed by atoms with van der Waals surface area (Å²) in [5.74, 6) is 1.04. The van der Waals surface area contributed by atoms with Crippen LogP contribution in [-0.2, 0) is 0 Å². The van der Waals surface area contributed by atoms with Crippen LogP contribution < -0.4 is 10.2 Å². The van der Waals surface area contributed by atoms with Crippen molar-refractivity contribution in [2.75, 3.05) is 31.1 Å². The van der Waals surface area contributed by atoms with Crippen molar-refractivity contribution in [2.45, 2.75) is 6.42 Å². The molecule has 3 rings (SSSR count). The van der Waals surface area contributed by atoms with Crippen molar-refractivity contribution in [3.05, 3.63) is 23.2 Å². The molecule has 0 radical (unpaired) electrons. The molecule has 0 saturated carbocycles. The molecule has 0 aromatic carbocycles. The predicted octanol–water partition coefficient (Wildman–Crippen LogP) is 1.92. The third kappa shape index (κ3) is 2.11. The van der Waals surface area contributed by atoms with E-state index in [2.05, 4.69) is 15.2 Å². The number of nitrogens with one attached hydrogen (secondary N) is 1. The minimum atomic E-state index is -0.434. The highest BCUT2D eigenvalue weighted by Gasteiger charge is 2.32. The number of piperidine rings is 1. The summed E-state index contributed by atoms with van der Waals surface area (Å²) in [5.41, 5.74) is 0.845. The van der Waals surface area contributed by atoms with Gasteiger partial charge in [0.25, 0.3) is 0 Å². The quantitative estimate of drug-likeness (QED) is 0.778. The van der Waals surface area contributed by atoms with Gasteiger partial charge in [-0.2, -0.15) is 0 Å². The second-order valence-corrected chi connectivity index (χ2v) is 5.24. The lowest BCUT2D eigenvalue weighted by Crippen LogP contribution is -2.40. The Morgan fingerprint density at radius 1 is 1.41 bits per heavy atom. The molecular weight excluding hydrogens is 241 g/mol. The number of hydrogen-bond acceptors (Lipinski definition) is 3. The molecule has 1 N–H and O–H groups in total. The molecule has 2 fully saturated rings. The maximum atomic E-state index is 13.4. The monoisotopic (exact) mass is 255 g/mol. The van der Waals surface area contributed by atoms with Crippen molar-refractivity contribution in [3.8, 4) is 0 Å². The Balaban J connectivity index is 1.78. The van der Waals surface area contributed by atoms with Crippen molar-refractivity contribution in [3.63, 3.8) is 0 Å². The lowest BCUT2D eigenvalue weighted by Gasteiger charge is -2.35. The molecule has 5 heteroatoms. The van der Waals surface area contributed by atoms with Gasteiger partial charge in [0.2, 0.25) is 0 Å². The summed E-state index contributed by atoms with van der Waals surface area (Å²) in [7, 11) is 0. The first kappa shape index (κ1) is 11.2. The molecule has 3 nitrogen and oxygen atoms in total. The topological polar surface area (TPSA) is 28.2 Å². The van der Waals surface area contributed by atoms with Gasteiger partial charge in [0.1, 0.15) is 0 Å². The van der Waals surface area contributed by atoms with E-state index in [1.807, 2.05) is 0 Å². The summed E-state index contributed by atoms with van der Waals surface area (Å²) >= 11 is 5.59. The maximum absolute atomic E-state index is 13.4. The van der Waals surface area contributed by atoms with Crippen LogP contribution in [0, 0.1) is 17.7 Å². The first-order chi connectivity index (χ1) is 8.24. The van der Waals surface area contributed by atoms with Crippen LogP contribution in [0.25, 0.3) is 0 Å². The zero-order valence-electron chi connectivity index (χ0n) is 9.50. The number of rotatable bonds is 1. The van der Waals surface area contributed by atoms with Crippen molar-refractivity contribution in [2.24, 2.45) is 11.8 Å². The molecular formula is C12H15ClFN3. The molecule has 3 heterocycles. The fourth-order valence-electron chi connectivity index (χ4n) is 2.85. The zero-order valence-corrected chi connectivity index (χ0v) is 10.3. The Bertz CT molecular complexity index is 426. The third-order valence-electron chi connectivity index (χ3n) is 3.85. The molecule has 17 heavy (non-hydrogen) atoms. The molecule has 0 bridgehead atoms. The van der Waals surface area contributed by atoms with Crippen LogP contribution in [0.3, 0.4) is 0 Å². The van der Waals surface area contributed by atoms with Gasteiger partial charge in [-0.1, -0.05) is 11.6 Å². The van der Waals surface area contributed by atoms with E-state index in [-0.39, 0.29) is 5.15 Å². The van der Waals surface area contributed by atoms with Crippen molar-refractivity contribution in [1.29, 1.82) is 0 Å². The molecule has 2 aliphatic rings. The summed E-state index contributed by atoms with van der Waals surface area (Å²) in [6.45, 7) is 4.17. The van der Waals surface area contributed by atoms with Gasteiger partial charge in [-0.3, -0.25) is 0 Å². The van der Waals surface area contributed by atoms with E-state index >= 15 is 0 Å². The average Bonchev–Trinajstić information content (AvgIpc) is 2.79. The Hall–Kier alpha value is -0.870. The van der Waals surface area contributed by atoms with Crippen molar-refractivity contribution in [1.82, 2.24) is 10.3 Å². The minimum Gasteiger partial charge on any atom is -0.370 e. The number of aromatic nitrogens is 1. The van der Waals surface area contributed by atoms with Crippen LogP contribution in [0.1, 0.15) is 6.42 Å². The van der Waals surface area contributed by atoms with Crippen LogP contribution >= 0.6 is 11.6 Å². The van der Waals surface area contributed by atoms with Gasteiger partial charge >= 0.3 is 0 Å². The average molecular weight is 256 g/mol. The molecule has 2 aliphatic heterocycles. The molecule has 2 unspecified atom stereocenters.